The summed E-state index contributed by atoms with van der Waals surface area (Å²) in [5.41, 5.74) is 5.05. The number of benzene rings is 1. The summed E-state index contributed by atoms with van der Waals surface area (Å²) >= 11 is 0. The monoisotopic (exact) mass is 536 g/mol. The van der Waals surface area contributed by atoms with E-state index in [-0.39, 0.29) is 24.2 Å². The third-order valence-corrected chi connectivity index (χ3v) is 8.71. The Bertz CT molecular complexity index is 1410. The molecule has 0 spiro atoms. The first kappa shape index (κ1) is 27.0. The summed E-state index contributed by atoms with van der Waals surface area (Å²) in [6.07, 6.45) is 3.27. The van der Waals surface area contributed by atoms with Crippen molar-refractivity contribution in [3.8, 4) is 16.9 Å². The number of phenols is 1. The van der Waals surface area contributed by atoms with Crippen molar-refractivity contribution in [1.82, 2.24) is 4.90 Å². The number of ketones is 4. The fourth-order valence-electron chi connectivity index (χ4n) is 7.11. The number of aromatic hydroxyl groups is 1. The minimum atomic E-state index is -2.71. The molecule has 2 saturated carbocycles. The average Bonchev–Trinajstić information content (AvgIpc) is 3.37. The third-order valence-electron chi connectivity index (χ3n) is 8.71. The first-order valence-electron chi connectivity index (χ1n) is 13.0. The highest BCUT2D eigenvalue weighted by molar-refractivity contribution is 6.32. The van der Waals surface area contributed by atoms with Gasteiger partial charge in [-0.25, -0.2) is 0 Å². The van der Waals surface area contributed by atoms with E-state index in [0.717, 1.165) is 0 Å². The molecule has 6 atom stereocenters. The second kappa shape index (κ2) is 9.24. The molecule has 3 aliphatic rings. The SMILES string of the molecule is CC(C)[C@@H]1C(=O)C(C(N)=O)C(=O)[C@@]2(O)C(=O)C3C(=O)c4c(O)c(CN(C)C)cc(-c5ccoc5)c4C[C@H]3C[C@@H]12. The van der Waals surface area contributed by atoms with Crippen LogP contribution in [0.25, 0.3) is 11.1 Å². The molecule has 206 valence electrons. The highest BCUT2D eigenvalue weighted by atomic mass is 16.3. The molecule has 2 aromatic rings. The van der Waals surface area contributed by atoms with Gasteiger partial charge in [0, 0.05) is 29.5 Å². The number of fused-ring (bicyclic) bond motifs is 3. The second-order valence-electron chi connectivity index (χ2n) is 11.7. The zero-order valence-corrected chi connectivity index (χ0v) is 22.3. The van der Waals surface area contributed by atoms with Gasteiger partial charge in [-0.15, -0.1) is 0 Å². The van der Waals surface area contributed by atoms with Gasteiger partial charge in [0.05, 0.1) is 24.0 Å². The molecule has 2 fully saturated rings. The summed E-state index contributed by atoms with van der Waals surface area (Å²) in [4.78, 5) is 68.7. The van der Waals surface area contributed by atoms with Crippen molar-refractivity contribution in [3.05, 3.63) is 41.3 Å². The van der Waals surface area contributed by atoms with Crippen LogP contribution < -0.4 is 5.73 Å². The lowest BCUT2D eigenvalue weighted by atomic mass is 9.49. The molecule has 0 bridgehead atoms. The van der Waals surface area contributed by atoms with Gasteiger partial charge in [-0.1, -0.05) is 13.8 Å². The first-order chi connectivity index (χ1) is 18.3. The van der Waals surface area contributed by atoms with Crippen molar-refractivity contribution >= 4 is 29.0 Å². The molecule has 0 aliphatic heterocycles. The van der Waals surface area contributed by atoms with Gasteiger partial charge in [-0.2, -0.15) is 0 Å². The van der Waals surface area contributed by atoms with E-state index in [4.69, 9.17) is 10.2 Å². The number of nitrogens with zero attached hydrogens (tertiary/aromatic N) is 1. The third kappa shape index (κ3) is 3.80. The number of primary amides is 1. The number of hydrogen-bond donors (Lipinski definition) is 3. The van der Waals surface area contributed by atoms with Gasteiger partial charge in [-0.3, -0.25) is 24.0 Å². The minimum Gasteiger partial charge on any atom is -0.507 e. The fourth-order valence-corrected chi connectivity index (χ4v) is 7.11. The standard InChI is InChI=1S/C29H32N2O8/c1-12(2)19-18-9-14-7-17-16(13-5-6-39-11-13)8-15(10-31(3)4)23(32)21(17)25(34)20(14)26(35)29(18,38)27(36)22(24(19)33)28(30)37/h5-6,8,11-12,14,18-20,22,32,38H,7,9-10H2,1-4H3,(H2,30,37)/t14-,18-,19-,20?,22?,29-/m0/s1. The van der Waals surface area contributed by atoms with Gasteiger partial charge in [0.2, 0.25) is 5.91 Å². The molecule has 5 rings (SSSR count). The molecular weight excluding hydrogens is 504 g/mol. The lowest BCUT2D eigenvalue weighted by Gasteiger charge is -2.52. The average molecular weight is 537 g/mol. The Balaban J connectivity index is 1.69. The maximum Gasteiger partial charge on any atom is 0.235 e. The van der Waals surface area contributed by atoms with Crippen molar-refractivity contribution in [2.45, 2.75) is 38.8 Å². The van der Waals surface area contributed by atoms with Crippen LogP contribution in [0.1, 0.15) is 41.8 Å². The minimum absolute atomic E-state index is 0.0200. The topological polar surface area (TPSA) is 168 Å². The Labute approximate surface area is 225 Å². The zero-order chi connectivity index (χ0) is 28.5. The lowest BCUT2D eigenvalue weighted by Crippen LogP contribution is -2.71. The van der Waals surface area contributed by atoms with Gasteiger partial charge in [0.15, 0.2) is 34.7 Å². The lowest BCUT2D eigenvalue weighted by molar-refractivity contribution is -0.182. The molecule has 10 nitrogen and oxygen atoms in total. The number of furan rings is 1. The summed E-state index contributed by atoms with van der Waals surface area (Å²) in [7, 11) is 3.62. The van der Waals surface area contributed by atoms with Gasteiger partial charge >= 0.3 is 0 Å². The second-order valence-corrected chi connectivity index (χ2v) is 11.7. The van der Waals surface area contributed by atoms with Gasteiger partial charge in [0.25, 0.3) is 0 Å². The fraction of sp³-hybridized carbons (Fsp3) is 0.483. The predicted molar refractivity (Wildman–Crippen MR) is 137 cm³/mol. The predicted octanol–water partition coefficient (Wildman–Crippen LogP) is 1.53. The van der Waals surface area contributed by atoms with Crippen LogP contribution in [-0.2, 0) is 32.1 Å². The van der Waals surface area contributed by atoms with Crippen LogP contribution in [0.2, 0.25) is 0 Å². The van der Waals surface area contributed by atoms with E-state index in [1.807, 2.05) is 19.0 Å². The molecular formula is C29H32N2O8. The van der Waals surface area contributed by atoms with Crippen LogP contribution >= 0.6 is 0 Å². The molecule has 0 saturated heterocycles. The number of nitrogens with two attached hydrogens (primary N) is 1. The Kier molecular flexibility index (Phi) is 6.38. The Morgan fingerprint density at radius 1 is 1.21 bits per heavy atom. The van der Waals surface area contributed by atoms with Crippen LogP contribution in [0.4, 0.5) is 0 Å². The Morgan fingerprint density at radius 2 is 1.90 bits per heavy atom. The summed E-state index contributed by atoms with van der Waals surface area (Å²) in [5.74, 6) is -11.6. The molecule has 4 N–H and O–H groups in total. The highest BCUT2D eigenvalue weighted by Gasteiger charge is 2.69. The maximum absolute atomic E-state index is 14.1. The summed E-state index contributed by atoms with van der Waals surface area (Å²) < 4.78 is 5.28. The zero-order valence-electron chi connectivity index (χ0n) is 22.3. The summed E-state index contributed by atoms with van der Waals surface area (Å²) in [6, 6.07) is 3.54. The van der Waals surface area contributed by atoms with Gasteiger partial charge in [-0.05, 0) is 62.0 Å². The van der Waals surface area contributed by atoms with Crippen LogP contribution in [0.3, 0.4) is 0 Å². The molecule has 1 amide bonds. The van der Waals surface area contributed by atoms with Crippen LogP contribution in [0.15, 0.2) is 29.1 Å². The van der Waals surface area contributed by atoms with E-state index in [0.29, 0.717) is 28.8 Å². The van der Waals surface area contributed by atoms with E-state index in [9.17, 15) is 34.2 Å². The molecule has 39 heavy (non-hydrogen) atoms. The summed E-state index contributed by atoms with van der Waals surface area (Å²) in [6.45, 7) is 3.74. The van der Waals surface area contributed by atoms with Crippen molar-refractivity contribution in [3.63, 3.8) is 0 Å². The Hall–Kier alpha value is -3.63. The quantitative estimate of drug-likeness (QED) is 0.480. The van der Waals surface area contributed by atoms with E-state index >= 15 is 0 Å². The number of Topliss-reactive ketones (excluding diaryl/α,β-unsaturated/α-hetero) is 4. The molecule has 1 aromatic carbocycles. The normalized spacial score (nSPS) is 30.4. The first-order valence-corrected chi connectivity index (χ1v) is 13.0. The van der Waals surface area contributed by atoms with E-state index in [1.165, 1.54) is 12.5 Å². The molecule has 1 aromatic heterocycles. The van der Waals surface area contributed by atoms with Gasteiger partial charge in [0.1, 0.15) is 5.75 Å². The van der Waals surface area contributed by atoms with E-state index in [1.54, 1.807) is 26.0 Å². The number of hydrogen-bond acceptors (Lipinski definition) is 9. The molecule has 0 radical (unpaired) electrons. The van der Waals surface area contributed by atoms with Gasteiger partial charge < -0.3 is 25.3 Å². The molecule has 3 aliphatic carbocycles. The number of aliphatic hydroxyl groups is 1. The summed E-state index contributed by atoms with van der Waals surface area (Å²) in [5, 5.41) is 23.0. The maximum atomic E-state index is 14.1. The van der Waals surface area contributed by atoms with E-state index < -0.39 is 70.1 Å². The smallest absolute Gasteiger partial charge is 0.235 e. The number of carbonyl (C=O) groups excluding carboxylic acids is 5. The van der Waals surface area contributed by atoms with Crippen LogP contribution in [0.5, 0.6) is 5.75 Å². The van der Waals surface area contributed by atoms with Crippen molar-refractivity contribution in [2.24, 2.45) is 41.2 Å². The van der Waals surface area contributed by atoms with E-state index in [2.05, 4.69) is 0 Å². The number of amides is 1. The molecule has 10 heteroatoms. The number of rotatable bonds is 5. The highest BCUT2D eigenvalue weighted by Crippen LogP contribution is 2.54. The van der Waals surface area contributed by atoms with Crippen LogP contribution in [-0.4, -0.2) is 63.8 Å². The largest absolute Gasteiger partial charge is 0.507 e. The number of carbonyl (C=O) groups is 5. The molecule has 1 heterocycles. The van der Waals surface area contributed by atoms with Crippen molar-refractivity contribution < 1.29 is 38.6 Å². The van der Waals surface area contributed by atoms with Crippen molar-refractivity contribution in [1.29, 1.82) is 0 Å². The molecule has 2 unspecified atom stereocenters. The number of phenolic OH excluding ortho intramolecular Hbond substituents is 1. The van der Waals surface area contributed by atoms with Crippen molar-refractivity contribution in [2.75, 3.05) is 14.1 Å². The van der Waals surface area contributed by atoms with Crippen LogP contribution in [0, 0.1) is 35.5 Å². The Morgan fingerprint density at radius 3 is 2.46 bits per heavy atom.